The van der Waals surface area contributed by atoms with Crippen molar-refractivity contribution in [2.24, 2.45) is 4.99 Å². The molecule has 1 aliphatic heterocycles. The van der Waals surface area contributed by atoms with Crippen molar-refractivity contribution in [3.05, 3.63) is 24.3 Å². The second-order valence-corrected chi connectivity index (χ2v) is 5.76. The summed E-state index contributed by atoms with van der Waals surface area (Å²) in [5.74, 6) is 2.61. The number of hydrogen-bond donors (Lipinski definition) is 2. The van der Waals surface area contributed by atoms with Crippen molar-refractivity contribution in [3.8, 4) is 5.75 Å². The van der Waals surface area contributed by atoms with Gasteiger partial charge in [0.15, 0.2) is 5.17 Å². The number of thiol groups is 1. The number of alkyl halides is 1. The molecule has 1 unspecified atom stereocenters. The number of anilines is 1. The lowest BCUT2D eigenvalue weighted by Crippen LogP contribution is -2.24. The van der Waals surface area contributed by atoms with Gasteiger partial charge in [0.05, 0.1) is 19.3 Å². The Bertz CT molecular complexity index is 439. The average Bonchev–Trinajstić information content (AvgIpc) is 2.83. The Labute approximate surface area is 129 Å². The van der Waals surface area contributed by atoms with Gasteiger partial charge in [-0.3, -0.25) is 9.38 Å². The Hall–Kier alpha value is -0.880. The smallest absolute Gasteiger partial charge is 0.161 e. The van der Waals surface area contributed by atoms with Crippen LogP contribution in [-0.4, -0.2) is 36.0 Å². The summed E-state index contributed by atoms with van der Waals surface area (Å²) in [4.78, 5) is 4.64. The van der Waals surface area contributed by atoms with Crippen LogP contribution in [-0.2, 0) is 0 Å². The summed E-state index contributed by atoms with van der Waals surface area (Å²) in [6.45, 7) is 3.33. The molecule has 3 nitrogen and oxygen atoms in total. The molecule has 0 aliphatic carbocycles. The van der Waals surface area contributed by atoms with Gasteiger partial charge in [-0.2, -0.15) is 12.6 Å². The second-order valence-electron chi connectivity index (χ2n) is 4.48. The zero-order valence-electron chi connectivity index (χ0n) is 12.0. The summed E-state index contributed by atoms with van der Waals surface area (Å²) in [7, 11) is 1.66. The van der Waals surface area contributed by atoms with Gasteiger partial charge in [0.25, 0.3) is 0 Å². The van der Waals surface area contributed by atoms with Crippen LogP contribution in [0.15, 0.2) is 29.3 Å². The molecule has 112 valence electrons. The molecule has 1 atom stereocenters. The van der Waals surface area contributed by atoms with Crippen molar-refractivity contribution in [2.45, 2.75) is 19.4 Å². The highest BCUT2D eigenvalue weighted by Gasteiger charge is 2.29. The van der Waals surface area contributed by atoms with Crippen LogP contribution in [0.3, 0.4) is 0 Å². The van der Waals surface area contributed by atoms with Crippen molar-refractivity contribution in [2.75, 3.05) is 30.6 Å². The minimum atomic E-state index is -0.250. The van der Waals surface area contributed by atoms with Crippen molar-refractivity contribution >= 4 is 35.2 Å². The van der Waals surface area contributed by atoms with Gasteiger partial charge in [-0.1, -0.05) is 11.8 Å². The van der Waals surface area contributed by atoms with E-state index in [0.717, 1.165) is 28.1 Å². The maximum absolute atomic E-state index is 10.3. The Morgan fingerprint density at radius 3 is 2.50 bits per heavy atom. The van der Waals surface area contributed by atoms with Crippen LogP contribution in [0.4, 0.5) is 10.1 Å². The molecular formula is C14H21FN2OS2. The van der Waals surface area contributed by atoms with Crippen LogP contribution in [0.5, 0.6) is 5.75 Å². The Balaban J connectivity index is 0.000000612. The van der Waals surface area contributed by atoms with E-state index in [4.69, 9.17) is 4.74 Å². The molecule has 0 radical (unpaired) electrons. The summed E-state index contributed by atoms with van der Waals surface area (Å²) in [5, 5.41) is 4.27. The standard InChI is InChI=1S/C12H16N2OS2.C2H5F/c1-12(7-16)8-17-11(14-12)13-9-3-5-10(15-2)6-4-9;1-2-3/h3-6,16H,7-8H2,1-2H3,(H,13,14);2H2,1H3. The summed E-state index contributed by atoms with van der Waals surface area (Å²) in [6.07, 6.45) is 0. The van der Waals surface area contributed by atoms with E-state index < -0.39 is 0 Å². The predicted octanol–water partition coefficient (Wildman–Crippen LogP) is 3.87. The highest BCUT2D eigenvalue weighted by Crippen LogP contribution is 2.29. The number of nitrogens with one attached hydrogen (secondary N) is 1. The van der Waals surface area contributed by atoms with Crippen LogP contribution in [0.25, 0.3) is 0 Å². The van der Waals surface area contributed by atoms with E-state index in [0.29, 0.717) is 0 Å². The summed E-state index contributed by atoms with van der Waals surface area (Å²) in [6, 6.07) is 7.83. The fourth-order valence-electron chi connectivity index (χ4n) is 1.48. The topological polar surface area (TPSA) is 33.6 Å². The zero-order valence-corrected chi connectivity index (χ0v) is 13.7. The molecule has 0 saturated heterocycles. The number of nitrogens with zero attached hydrogens (tertiary/aromatic N) is 1. The van der Waals surface area contributed by atoms with Crippen LogP contribution < -0.4 is 10.1 Å². The SMILES string of the molecule is CCF.COc1ccc(NC2=NC(C)(CS)CS2)cc1. The molecule has 2 rings (SSSR count). The molecule has 0 fully saturated rings. The van der Waals surface area contributed by atoms with Gasteiger partial charge in [0, 0.05) is 17.2 Å². The number of benzene rings is 1. The molecule has 1 aromatic rings. The van der Waals surface area contributed by atoms with Gasteiger partial charge < -0.3 is 10.1 Å². The molecule has 1 heterocycles. The molecule has 1 N–H and O–H groups in total. The number of methoxy groups -OCH3 is 1. The average molecular weight is 316 g/mol. The highest BCUT2D eigenvalue weighted by molar-refractivity contribution is 8.14. The van der Waals surface area contributed by atoms with Crippen LogP contribution in [0.2, 0.25) is 0 Å². The third-order valence-corrected chi connectivity index (χ3v) is 4.49. The van der Waals surface area contributed by atoms with Gasteiger partial charge >= 0.3 is 0 Å². The normalized spacial score (nSPS) is 20.8. The number of rotatable bonds is 3. The maximum Gasteiger partial charge on any atom is 0.161 e. The fraction of sp³-hybridized carbons (Fsp3) is 0.500. The van der Waals surface area contributed by atoms with E-state index in [1.165, 1.54) is 6.92 Å². The van der Waals surface area contributed by atoms with E-state index >= 15 is 0 Å². The molecule has 0 amide bonds. The molecule has 0 saturated carbocycles. The Morgan fingerprint density at radius 1 is 1.45 bits per heavy atom. The molecule has 6 heteroatoms. The van der Waals surface area contributed by atoms with Gasteiger partial charge in [-0.05, 0) is 38.1 Å². The van der Waals surface area contributed by atoms with Crippen LogP contribution in [0, 0.1) is 0 Å². The monoisotopic (exact) mass is 316 g/mol. The summed E-state index contributed by atoms with van der Waals surface area (Å²) < 4.78 is 15.4. The van der Waals surface area contributed by atoms with Crippen LogP contribution >= 0.6 is 24.4 Å². The number of amidine groups is 1. The van der Waals surface area contributed by atoms with Gasteiger partial charge in [0.1, 0.15) is 5.75 Å². The number of hydrogen-bond acceptors (Lipinski definition) is 5. The summed E-state index contributed by atoms with van der Waals surface area (Å²) >= 11 is 6.07. The number of aliphatic imine (C=N–C) groups is 1. The summed E-state index contributed by atoms with van der Waals surface area (Å²) in [5.41, 5.74) is 0.989. The lowest BCUT2D eigenvalue weighted by Gasteiger charge is -2.14. The number of thioether (sulfide) groups is 1. The fourth-order valence-corrected chi connectivity index (χ4v) is 2.90. The van der Waals surface area contributed by atoms with Crippen molar-refractivity contribution in [1.82, 2.24) is 0 Å². The Morgan fingerprint density at radius 2 is 2.05 bits per heavy atom. The van der Waals surface area contributed by atoms with Crippen LogP contribution in [0.1, 0.15) is 13.8 Å². The first kappa shape index (κ1) is 17.2. The molecule has 1 aromatic carbocycles. The maximum atomic E-state index is 10.3. The molecule has 0 bridgehead atoms. The van der Waals surface area contributed by atoms with Crippen molar-refractivity contribution < 1.29 is 9.13 Å². The van der Waals surface area contributed by atoms with Crippen molar-refractivity contribution in [1.29, 1.82) is 0 Å². The minimum absolute atomic E-state index is 0.0391. The van der Waals surface area contributed by atoms with E-state index in [9.17, 15) is 4.39 Å². The third-order valence-electron chi connectivity index (χ3n) is 2.57. The van der Waals surface area contributed by atoms with E-state index in [-0.39, 0.29) is 12.2 Å². The number of halogens is 1. The van der Waals surface area contributed by atoms with Gasteiger partial charge in [0.2, 0.25) is 0 Å². The lowest BCUT2D eigenvalue weighted by atomic mass is 10.1. The highest BCUT2D eigenvalue weighted by atomic mass is 32.2. The first-order chi connectivity index (χ1) is 9.56. The first-order valence-electron chi connectivity index (χ1n) is 6.37. The third kappa shape index (κ3) is 5.25. The minimum Gasteiger partial charge on any atom is -0.497 e. The quantitative estimate of drug-likeness (QED) is 0.831. The molecule has 0 aromatic heterocycles. The molecule has 0 spiro atoms. The van der Waals surface area contributed by atoms with E-state index in [1.54, 1.807) is 18.9 Å². The van der Waals surface area contributed by atoms with Gasteiger partial charge in [-0.25, -0.2) is 0 Å². The Kier molecular flexibility index (Phi) is 7.23. The molecule has 1 aliphatic rings. The predicted molar refractivity (Wildman–Crippen MR) is 90.4 cm³/mol. The van der Waals surface area contributed by atoms with E-state index in [2.05, 4.69) is 29.9 Å². The lowest BCUT2D eigenvalue weighted by molar-refractivity contribution is 0.415. The van der Waals surface area contributed by atoms with E-state index in [1.807, 2.05) is 24.3 Å². The van der Waals surface area contributed by atoms with Gasteiger partial charge in [-0.15, -0.1) is 0 Å². The number of ether oxygens (including phenoxy) is 1. The molecular weight excluding hydrogens is 295 g/mol. The largest absolute Gasteiger partial charge is 0.497 e. The zero-order chi connectivity index (χ0) is 15.0. The van der Waals surface area contributed by atoms with Crippen molar-refractivity contribution in [3.63, 3.8) is 0 Å². The molecule has 20 heavy (non-hydrogen) atoms. The second kappa shape index (κ2) is 8.42. The first-order valence-corrected chi connectivity index (χ1v) is 7.99.